The summed E-state index contributed by atoms with van der Waals surface area (Å²) in [5.74, 6) is 5.07. The minimum absolute atomic E-state index is 0.0205. The van der Waals surface area contributed by atoms with Crippen molar-refractivity contribution in [2.24, 2.45) is 5.73 Å². The number of carbonyl (C=O) groups excluding carboxylic acids is 1. The van der Waals surface area contributed by atoms with Crippen LogP contribution in [0.25, 0.3) is 0 Å². The third-order valence-corrected chi connectivity index (χ3v) is 2.82. The van der Waals surface area contributed by atoms with Crippen molar-refractivity contribution in [1.29, 1.82) is 0 Å². The van der Waals surface area contributed by atoms with E-state index in [4.69, 9.17) is 5.73 Å². The molecule has 2 aromatic rings. The standard InChI is InChI=1S/C15H15FN4O/c1-20(10-14-18-7-8-19-14)15(21)12-9-11(3-2-6-17)4-5-13(12)16/h4-5,7-9H,6,10,17H2,1H3,(H,18,19). The molecule has 3 N–H and O–H groups in total. The summed E-state index contributed by atoms with van der Waals surface area (Å²) in [5, 5.41) is 0. The molecule has 108 valence electrons. The second kappa shape index (κ2) is 6.68. The van der Waals surface area contributed by atoms with E-state index in [1.807, 2.05) is 0 Å². The number of nitrogens with zero attached hydrogens (tertiary/aromatic N) is 2. The smallest absolute Gasteiger partial charge is 0.257 e. The zero-order valence-corrected chi connectivity index (χ0v) is 11.6. The third-order valence-electron chi connectivity index (χ3n) is 2.82. The van der Waals surface area contributed by atoms with E-state index < -0.39 is 11.7 Å². The van der Waals surface area contributed by atoms with E-state index in [1.165, 1.54) is 23.1 Å². The molecule has 0 aliphatic heterocycles. The molecule has 0 atom stereocenters. The fourth-order valence-corrected chi connectivity index (χ4v) is 1.81. The number of amides is 1. The Hall–Kier alpha value is -2.65. The second-order valence-electron chi connectivity index (χ2n) is 4.40. The summed E-state index contributed by atoms with van der Waals surface area (Å²) >= 11 is 0. The number of hydrogen-bond donors (Lipinski definition) is 2. The van der Waals surface area contributed by atoms with Gasteiger partial charge in [0.1, 0.15) is 11.6 Å². The third kappa shape index (κ3) is 3.68. The molecule has 0 spiro atoms. The molecular formula is C15H15FN4O. The number of rotatable bonds is 3. The molecule has 0 radical (unpaired) electrons. The first-order valence-corrected chi connectivity index (χ1v) is 6.34. The van der Waals surface area contributed by atoms with Gasteiger partial charge in [-0.05, 0) is 18.2 Å². The zero-order chi connectivity index (χ0) is 15.2. The Bertz CT molecular complexity index is 685. The van der Waals surface area contributed by atoms with Gasteiger partial charge in [0, 0.05) is 25.0 Å². The molecule has 0 bridgehead atoms. The molecule has 1 aromatic carbocycles. The SMILES string of the molecule is CN(Cc1ncc[nH]1)C(=O)c1cc(C#CCN)ccc1F. The van der Waals surface area contributed by atoms with Gasteiger partial charge in [0.05, 0.1) is 18.7 Å². The highest BCUT2D eigenvalue weighted by atomic mass is 19.1. The minimum atomic E-state index is -0.579. The van der Waals surface area contributed by atoms with E-state index in [2.05, 4.69) is 21.8 Å². The summed E-state index contributed by atoms with van der Waals surface area (Å²) in [7, 11) is 1.59. The molecule has 21 heavy (non-hydrogen) atoms. The highest BCUT2D eigenvalue weighted by Crippen LogP contribution is 2.13. The number of imidazole rings is 1. The van der Waals surface area contributed by atoms with Gasteiger partial charge in [0.25, 0.3) is 5.91 Å². The van der Waals surface area contributed by atoms with Crippen molar-refractivity contribution >= 4 is 5.91 Å². The van der Waals surface area contributed by atoms with Crippen molar-refractivity contribution in [1.82, 2.24) is 14.9 Å². The van der Waals surface area contributed by atoms with Crippen molar-refractivity contribution in [2.75, 3.05) is 13.6 Å². The largest absolute Gasteiger partial charge is 0.347 e. The molecule has 0 saturated heterocycles. The van der Waals surface area contributed by atoms with Crippen LogP contribution in [-0.4, -0.2) is 34.4 Å². The fourth-order valence-electron chi connectivity index (χ4n) is 1.81. The van der Waals surface area contributed by atoms with Crippen molar-refractivity contribution in [3.63, 3.8) is 0 Å². The first kappa shape index (κ1) is 14.8. The number of carbonyl (C=O) groups is 1. The van der Waals surface area contributed by atoms with Gasteiger partial charge in [0.2, 0.25) is 0 Å². The minimum Gasteiger partial charge on any atom is -0.347 e. The predicted molar refractivity (Wildman–Crippen MR) is 76.7 cm³/mol. The van der Waals surface area contributed by atoms with E-state index in [-0.39, 0.29) is 18.7 Å². The van der Waals surface area contributed by atoms with Crippen LogP contribution in [0.1, 0.15) is 21.7 Å². The van der Waals surface area contributed by atoms with E-state index in [0.29, 0.717) is 11.4 Å². The Balaban J connectivity index is 2.21. The summed E-state index contributed by atoms with van der Waals surface area (Å²) in [4.78, 5) is 20.6. The van der Waals surface area contributed by atoms with Gasteiger partial charge in [0.15, 0.2) is 0 Å². The van der Waals surface area contributed by atoms with E-state index in [0.717, 1.165) is 0 Å². The highest BCUT2D eigenvalue weighted by Gasteiger charge is 2.17. The first-order chi connectivity index (χ1) is 10.1. The lowest BCUT2D eigenvalue weighted by Crippen LogP contribution is -2.27. The number of H-pyrrole nitrogens is 1. The van der Waals surface area contributed by atoms with Crippen LogP contribution in [0.5, 0.6) is 0 Å². The summed E-state index contributed by atoms with van der Waals surface area (Å²) < 4.78 is 13.8. The van der Waals surface area contributed by atoms with Crippen LogP contribution in [0.4, 0.5) is 4.39 Å². The number of aromatic nitrogens is 2. The van der Waals surface area contributed by atoms with E-state index in [1.54, 1.807) is 19.4 Å². The highest BCUT2D eigenvalue weighted by molar-refractivity contribution is 5.94. The summed E-state index contributed by atoms with van der Waals surface area (Å²) in [5.41, 5.74) is 5.83. The Morgan fingerprint density at radius 3 is 3.00 bits per heavy atom. The maximum absolute atomic E-state index is 13.8. The Morgan fingerprint density at radius 1 is 1.52 bits per heavy atom. The number of nitrogens with one attached hydrogen (secondary N) is 1. The van der Waals surface area contributed by atoms with Gasteiger partial charge >= 0.3 is 0 Å². The molecule has 2 rings (SSSR count). The average Bonchev–Trinajstić information content (AvgIpc) is 2.98. The summed E-state index contributed by atoms with van der Waals surface area (Å²) in [6, 6.07) is 4.18. The fraction of sp³-hybridized carbons (Fsp3) is 0.200. The molecular weight excluding hydrogens is 271 g/mol. The number of benzene rings is 1. The number of nitrogens with two attached hydrogens (primary N) is 1. The lowest BCUT2D eigenvalue weighted by Gasteiger charge is -2.16. The molecule has 0 unspecified atom stereocenters. The molecule has 0 saturated carbocycles. The maximum atomic E-state index is 13.8. The van der Waals surface area contributed by atoms with Crippen LogP contribution >= 0.6 is 0 Å². The molecule has 1 amide bonds. The Morgan fingerprint density at radius 2 is 2.33 bits per heavy atom. The maximum Gasteiger partial charge on any atom is 0.257 e. The van der Waals surface area contributed by atoms with Crippen LogP contribution in [-0.2, 0) is 6.54 Å². The normalized spacial score (nSPS) is 9.86. The van der Waals surface area contributed by atoms with Gasteiger partial charge in [-0.15, -0.1) is 0 Å². The molecule has 0 fully saturated rings. The monoisotopic (exact) mass is 286 g/mol. The summed E-state index contributed by atoms with van der Waals surface area (Å²) in [6.07, 6.45) is 3.26. The molecule has 5 nitrogen and oxygen atoms in total. The summed E-state index contributed by atoms with van der Waals surface area (Å²) in [6.45, 7) is 0.475. The second-order valence-corrected chi connectivity index (χ2v) is 4.40. The number of halogens is 1. The van der Waals surface area contributed by atoms with E-state index in [9.17, 15) is 9.18 Å². The van der Waals surface area contributed by atoms with Crippen molar-refractivity contribution in [3.05, 3.63) is 53.4 Å². The van der Waals surface area contributed by atoms with Crippen LogP contribution in [0.3, 0.4) is 0 Å². The first-order valence-electron chi connectivity index (χ1n) is 6.34. The van der Waals surface area contributed by atoms with Crippen LogP contribution < -0.4 is 5.73 Å². The molecule has 1 aromatic heterocycles. The predicted octanol–water partition coefficient (Wildman–Crippen LogP) is 1.13. The van der Waals surface area contributed by atoms with Crippen LogP contribution in [0.15, 0.2) is 30.6 Å². The molecule has 0 aliphatic rings. The average molecular weight is 286 g/mol. The van der Waals surface area contributed by atoms with Crippen molar-refractivity contribution in [2.45, 2.75) is 6.54 Å². The Kier molecular flexibility index (Phi) is 4.69. The van der Waals surface area contributed by atoms with Gasteiger partial charge in [-0.3, -0.25) is 4.79 Å². The van der Waals surface area contributed by atoms with E-state index >= 15 is 0 Å². The van der Waals surface area contributed by atoms with Crippen molar-refractivity contribution < 1.29 is 9.18 Å². The van der Waals surface area contributed by atoms with Crippen LogP contribution in [0.2, 0.25) is 0 Å². The molecule has 1 heterocycles. The van der Waals surface area contributed by atoms with Gasteiger partial charge in [-0.25, -0.2) is 9.37 Å². The van der Waals surface area contributed by atoms with Crippen molar-refractivity contribution in [3.8, 4) is 11.8 Å². The number of aromatic amines is 1. The van der Waals surface area contributed by atoms with Gasteiger partial charge in [-0.1, -0.05) is 11.8 Å². The quantitative estimate of drug-likeness (QED) is 0.831. The molecule has 0 aliphatic carbocycles. The van der Waals surface area contributed by atoms with Crippen LogP contribution in [0, 0.1) is 17.7 Å². The lowest BCUT2D eigenvalue weighted by atomic mass is 10.1. The van der Waals surface area contributed by atoms with Gasteiger partial charge < -0.3 is 15.6 Å². The lowest BCUT2D eigenvalue weighted by molar-refractivity contribution is 0.0777. The zero-order valence-electron chi connectivity index (χ0n) is 11.6. The number of hydrogen-bond acceptors (Lipinski definition) is 3. The van der Waals surface area contributed by atoms with Gasteiger partial charge in [-0.2, -0.15) is 0 Å². The topological polar surface area (TPSA) is 75.0 Å². The molecule has 6 heteroatoms. The Labute approximate surface area is 122 Å².